The number of anilines is 2. The summed E-state index contributed by atoms with van der Waals surface area (Å²) in [5.74, 6) is 1.15. The van der Waals surface area contributed by atoms with E-state index >= 15 is 0 Å². The summed E-state index contributed by atoms with van der Waals surface area (Å²) in [6, 6.07) is 11.6. The van der Waals surface area contributed by atoms with Crippen molar-refractivity contribution in [3.05, 3.63) is 66.0 Å². The van der Waals surface area contributed by atoms with E-state index in [2.05, 4.69) is 26.3 Å². The smallest absolute Gasteiger partial charge is 0.257 e. The van der Waals surface area contributed by atoms with E-state index < -0.39 is 0 Å². The standard InChI is InChI=1S/C24H25N5OS/c1-3-21(31-16(2)25)17-6-7-19-15-27-22(13-20(19)12-17)28-24(30)18-8-9-26-23(14-18)29-10-4-5-11-29/h3,6-9,12-15,25H,4-5,10-11H2,1-2H3,(H,27,28,30)/b21-3-,25-16?. The van der Waals surface area contributed by atoms with Gasteiger partial charge in [-0.15, -0.1) is 0 Å². The van der Waals surface area contributed by atoms with Crippen LogP contribution < -0.4 is 10.2 Å². The van der Waals surface area contributed by atoms with E-state index in [-0.39, 0.29) is 5.91 Å². The number of hydrogen-bond acceptors (Lipinski definition) is 6. The third-order valence-corrected chi connectivity index (χ3v) is 6.21. The molecule has 1 fully saturated rings. The van der Waals surface area contributed by atoms with Crippen LogP contribution >= 0.6 is 11.8 Å². The SMILES string of the molecule is C/C=C(\SC(C)=N)c1ccc2cnc(NC(=O)c3ccnc(N4CCCC4)c3)cc2c1. The monoisotopic (exact) mass is 431 g/mol. The molecule has 6 nitrogen and oxygen atoms in total. The largest absolute Gasteiger partial charge is 0.357 e. The molecule has 0 spiro atoms. The first-order chi connectivity index (χ1) is 15.0. The van der Waals surface area contributed by atoms with Gasteiger partial charge < -0.3 is 10.2 Å². The van der Waals surface area contributed by atoms with Crippen LogP contribution in [0, 0.1) is 5.41 Å². The van der Waals surface area contributed by atoms with E-state index in [1.807, 2.05) is 37.3 Å². The molecule has 1 aromatic carbocycles. The van der Waals surface area contributed by atoms with E-state index in [4.69, 9.17) is 5.41 Å². The maximum atomic E-state index is 12.8. The van der Waals surface area contributed by atoms with Crippen molar-refractivity contribution in [3.8, 4) is 0 Å². The van der Waals surface area contributed by atoms with Crippen molar-refractivity contribution in [2.45, 2.75) is 26.7 Å². The predicted molar refractivity (Wildman–Crippen MR) is 130 cm³/mol. The molecule has 1 saturated heterocycles. The number of fused-ring (bicyclic) bond motifs is 1. The van der Waals surface area contributed by atoms with Gasteiger partial charge in [0.2, 0.25) is 0 Å². The van der Waals surface area contributed by atoms with Gasteiger partial charge in [-0.2, -0.15) is 0 Å². The Balaban J connectivity index is 1.56. The normalized spacial score (nSPS) is 14.1. The minimum atomic E-state index is -0.199. The van der Waals surface area contributed by atoms with Crippen molar-refractivity contribution in [1.82, 2.24) is 9.97 Å². The zero-order valence-electron chi connectivity index (χ0n) is 17.7. The Labute approximate surface area is 186 Å². The molecule has 3 heterocycles. The number of allylic oxidation sites excluding steroid dienone is 1. The number of hydrogen-bond donors (Lipinski definition) is 2. The number of carbonyl (C=O) groups excluding carboxylic acids is 1. The number of aromatic nitrogens is 2. The summed E-state index contributed by atoms with van der Waals surface area (Å²) in [6.07, 6.45) is 7.78. The Morgan fingerprint density at radius 3 is 2.65 bits per heavy atom. The number of carbonyl (C=O) groups is 1. The Kier molecular flexibility index (Phi) is 6.32. The molecule has 4 rings (SSSR count). The van der Waals surface area contributed by atoms with E-state index in [1.165, 1.54) is 11.8 Å². The van der Waals surface area contributed by atoms with Gasteiger partial charge in [0.05, 0.1) is 5.04 Å². The molecule has 1 aliphatic heterocycles. The first-order valence-corrected chi connectivity index (χ1v) is 11.2. The Morgan fingerprint density at radius 2 is 1.90 bits per heavy atom. The van der Waals surface area contributed by atoms with Crippen LogP contribution in [-0.4, -0.2) is 34.0 Å². The highest BCUT2D eigenvalue weighted by Gasteiger charge is 2.16. The Morgan fingerprint density at radius 1 is 1.10 bits per heavy atom. The highest BCUT2D eigenvalue weighted by atomic mass is 32.2. The maximum Gasteiger partial charge on any atom is 0.257 e. The number of nitrogens with zero attached hydrogens (tertiary/aromatic N) is 3. The first kappa shape index (κ1) is 21.1. The molecule has 1 amide bonds. The highest BCUT2D eigenvalue weighted by molar-refractivity contribution is 8.21. The van der Waals surface area contributed by atoms with Gasteiger partial charge in [-0.1, -0.05) is 30.0 Å². The van der Waals surface area contributed by atoms with Crippen LogP contribution in [0.2, 0.25) is 0 Å². The molecular formula is C24H25N5OS. The van der Waals surface area contributed by atoms with Gasteiger partial charge in [-0.05, 0) is 61.9 Å². The molecule has 7 heteroatoms. The van der Waals surface area contributed by atoms with Crippen LogP contribution in [-0.2, 0) is 0 Å². The van der Waals surface area contributed by atoms with Gasteiger partial charge in [0.25, 0.3) is 5.91 Å². The van der Waals surface area contributed by atoms with Crippen LogP contribution in [0.4, 0.5) is 11.6 Å². The van der Waals surface area contributed by atoms with Crippen LogP contribution in [0.3, 0.4) is 0 Å². The van der Waals surface area contributed by atoms with Crippen molar-refractivity contribution in [3.63, 3.8) is 0 Å². The lowest BCUT2D eigenvalue weighted by atomic mass is 10.1. The first-order valence-electron chi connectivity index (χ1n) is 10.4. The molecule has 3 aromatic rings. The summed E-state index contributed by atoms with van der Waals surface area (Å²) in [4.78, 5) is 24.9. The molecule has 2 aromatic heterocycles. The summed E-state index contributed by atoms with van der Waals surface area (Å²) < 4.78 is 0. The molecule has 0 bridgehead atoms. The van der Waals surface area contributed by atoms with Crippen molar-refractivity contribution < 1.29 is 4.79 Å². The van der Waals surface area contributed by atoms with Crippen LogP contribution in [0.1, 0.15) is 42.6 Å². The maximum absolute atomic E-state index is 12.8. The number of rotatable bonds is 5. The van der Waals surface area contributed by atoms with E-state index in [0.29, 0.717) is 16.4 Å². The second-order valence-electron chi connectivity index (χ2n) is 7.49. The third-order valence-electron chi connectivity index (χ3n) is 5.21. The second kappa shape index (κ2) is 9.31. The van der Waals surface area contributed by atoms with E-state index in [1.54, 1.807) is 25.4 Å². The molecule has 0 saturated carbocycles. The summed E-state index contributed by atoms with van der Waals surface area (Å²) >= 11 is 1.43. The number of pyridine rings is 2. The number of amides is 1. The lowest BCUT2D eigenvalue weighted by molar-refractivity contribution is 0.102. The van der Waals surface area contributed by atoms with Gasteiger partial charge in [-0.25, -0.2) is 9.97 Å². The van der Waals surface area contributed by atoms with Crippen molar-refractivity contribution >= 4 is 50.0 Å². The Bertz CT molecular complexity index is 1170. The minimum absolute atomic E-state index is 0.199. The summed E-state index contributed by atoms with van der Waals surface area (Å²) in [5, 5.41) is 13.2. The van der Waals surface area contributed by atoms with Crippen LogP contribution in [0.15, 0.2) is 54.9 Å². The third kappa shape index (κ3) is 4.94. The lowest BCUT2D eigenvalue weighted by Gasteiger charge is -2.16. The molecule has 1 aliphatic rings. The van der Waals surface area contributed by atoms with Gasteiger partial charge in [0, 0.05) is 41.3 Å². The molecular weight excluding hydrogens is 406 g/mol. The number of benzene rings is 1. The molecule has 158 valence electrons. The summed E-state index contributed by atoms with van der Waals surface area (Å²) in [5.41, 5.74) is 1.61. The van der Waals surface area contributed by atoms with Gasteiger partial charge in [0.15, 0.2) is 0 Å². The fourth-order valence-electron chi connectivity index (χ4n) is 3.68. The quantitative estimate of drug-likeness (QED) is 0.407. The topological polar surface area (TPSA) is 82.0 Å². The average Bonchev–Trinajstić information content (AvgIpc) is 3.32. The van der Waals surface area contributed by atoms with Crippen molar-refractivity contribution in [1.29, 1.82) is 5.41 Å². The molecule has 0 radical (unpaired) electrons. The summed E-state index contributed by atoms with van der Waals surface area (Å²) in [6.45, 7) is 5.72. The summed E-state index contributed by atoms with van der Waals surface area (Å²) in [7, 11) is 0. The van der Waals surface area contributed by atoms with Crippen molar-refractivity contribution in [2.24, 2.45) is 0 Å². The van der Waals surface area contributed by atoms with Crippen molar-refractivity contribution in [2.75, 3.05) is 23.3 Å². The van der Waals surface area contributed by atoms with Gasteiger partial charge >= 0.3 is 0 Å². The zero-order valence-corrected chi connectivity index (χ0v) is 18.5. The van der Waals surface area contributed by atoms with Gasteiger partial charge in [-0.3, -0.25) is 10.2 Å². The Hall–Kier alpha value is -3.19. The molecule has 31 heavy (non-hydrogen) atoms. The molecule has 0 unspecified atom stereocenters. The number of nitrogens with one attached hydrogen (secondary N) is 2. The molecule has 2 N–H and O–H groups in total. The van der Waals surface area contributed by atoms with Crippen LogP contribution in [0.25, 0.3) is 15.7 Å². The highest BCUT2D eigenvalue weighted by Crippen LogP contribution is 2.30. The fourth-order valence-corrected chi connectivity index (χ4v) is 4.37. The van der Waals surface area contributed by atoms with Gasteiger partial charge in [0.1, 0.15) is 11.6 Å². The van der Waals surface area contributed by atoms with E-state index in [9.17, 15) is 4.79 Å². The minimum Gasteiger partial charge on any atom is -0.357 e. The molecule has 0 atom stereocenters. The second-order valence-corrected chi connectivity index (χ2v) is 8.75. The predicted octanol–water partition coefficient (Wildman–Crippen LogP) is 5.57. The van der Waals surface area contributed by atoms with E-state index in [0.717, 1.165) is 53.0 Å². The fraction of sp³-hybridized carbons (Fsp3) is 0.250. The zero-order chi connectivity index (χ0) is 21.8. The number of thioether (sulfide) groups is 1. The average molecular weight is 432 g/mol. The molecule has 0 aliphatic carbocycles. The van der Waals surface area contributed by atoms with Crippen LogP contribution in [0.5, 0.6) is 0 Å². The lowest BCUT2D eigenvalue weighted by Crippen LogP contribution is -2.20.